The molecule has 0 radical (unpaired) electrons. The van der Waals surface area contributed by atoms with Gasteiger partial charge in [-0.1, -0.05) is 17.7 Å². The molecule has 5 nitrogen and oxygen atoms in total. The molecule has 0 spiro atoms. The Morgan fingerprint density at radius 3 is 2.60 bits per heavy atom. The van der Waals surface area contributed by atoms with Gasteiger partial charge in [-0.05, 0) is 18.2 Å². The average molecular weight is 249 g/mol. The van der Waals surface area contributed by atoms with Crippen LogP contribution in [0.5, 0.6) is 0 Å². The summed E-state index contributed by atoms with van der Waals surface area (Å²) >= 11 is 5.63. The van der Waals surface area contributed by atoms with Crippen LogP contribution in [0.25, 0.3) is 0 Å². The lowest BCUT2D eigenvalue weighted by atomic mass is 10.4. The second-order valence-corrected chi connectivity index (χ2v) is 4.76. The van der Waals surface area contributed by atoms with Crippen LogP contribution in [0.15, 0.2) is 29.2 Å². The van der Waals surface area contributed by atoms with Crippen LogP contribution in [0.3, 0.4) is 0 Å². The molecule has 82 valence electrons. The number of hydrogen-bond donors (Lipinski definition) is 2. The maximum Gasteiger partial charge on any atom is 0.328 e. The second kappa shape index (κ2) is 4.50. The maximum atomic E-state index is 11.5. The predicted octanol–water partition coefficient (Wildman–Crippen LogP) is 0.958. The summed E-state index contributed by atoms with van der Waals surface area (Å²) in [4.78, 5) is 10.8. The molecule has 0 aliphatic carbocycles. The van der Waals surface area contributed by atoms with Crippen molar-refractivity contribution < 1.29 is 13.2 Å². The standard InChI is InChI=1S/C8H9ClN2O3S/c1-10-8(12)11-15(13,14)7-4-2-3-6(9)5-7/h2-5H,1H3,(H2,10,11,12). The number of nitrogens with one attached hydrogen (secondary N) is 2. The van der Waals surface area contributed by atoms with Gasteiger partial charge in [0.2, 0.25) is 0 Å². The first-order chi connectivity index (χ1) is 6.95. The maximum absolute atomic E-state index is 11.5. The van der Waals surface area contributed by atoms with Crippen LogP contribution in [0.1, 0.15) is 0 Å². The molecule has 1 aromatic carbocycles. The lowest BCUT2D eigenvalue weighted by Gasteiger charge is -2.05. The van der Waals surface area contributed by atoms with Gasteiger partial charge in [0.1, 0.15) is 0 Å². The van der Waals surface area contributed by atoms with E-state index in [2.05, 4.69) is 5.32 Å². The number of sulfonamides is 1. The van der Waals surface area contributed by atoms with E-state index >= 15 is 0 Å². The van der Waals surface area contributed by atoms with Crippen LogP contribution in [-0.4, -0.2) is 21.5 Å². The van der Waals surface area contributed by atoms with Crippen LogP contribution in [0, 0.1) is 0 Å². The van der Waals surface area contributed by atoms with Gasteiger partial charge in [-0.25, -0.2) is 17.9 Å². The zero-order valence-corrected chi connectivity index (χ0v) is 9.39. The largest absolute Gasteiger partial charge is 0.340 e. The summed E-state index contributed by atoms with van der Waals surface area (Å²) in [6.07, 6.45) is 0. The summed E-state index contributed by atoms with van der Waals surface area (Å²) in [6, 6.07) is 4.83. The highest BCUT2D eigenvalue weighted by Gasteiger charge is 2.16. The highest BCUT2D eigenvalue weighted by molar-refractivity contribution is 7.90. The number of hydrogen-bond acceptors (Lipinski definition) is 3. The number of carbonyl (C=O) groups is 1. The molecule has 2 N–H and O–H groups in total. The number of urea groups is 1. The highest BCUT2D eigenvalue weighted by Crippen LogP contribution is 2.14. The summed E-state index contributed by atoms with van der Waals surface area (Å²) < 4.78 is 24.9. The summed E-state index contributed by atoms with van der Waals surface area (Å²) in [5, 5.41) is 2.43. The molecule has 7 heteroatoms. The molecule has 0 fully saturated rings. The molecule has 0 unspecified atom stereocenters. The molecule has 0 atom stereocenters. The third-order valence-electron chi connectivity index (χ3n) is 1.56. The Morgan fingerprint density at radius 2 is 2.07 bits per heavy atom. The fourth-order valence-corrected chi connectivity index (χ4v) is 2.12. The van der Waals surface area contributed by atoms with E-state index in [0.717, 1.165) is 0 Å². The van der Waals surface area contributed by atoms with Gasteiger partial charge in [0.25, 0.3) is 10.0 Å². The molecular formula is C8H9ClN2O3S. The molecule has 1 aromatic rings. The van der Waals surface area contributed by atoms with Crippen molar-refractivity contribution in [2.45, 2.75) is 4.90 Å². The second-order valence-electron chi connectivity index (χ2n) is 2.64. The monoisotopic (exact) mass is 248 g/mol. The molecule has 0 saturated carbocycles. The van der Waals surface area contributed by atoms with Gasteiger partial charge in [0, 0.05) is 12.1 Å². The van der Waals surface area contributed by atoms with Gasteiger partial charge in [0.05, 0.1) is 4.90 Å². The van der Waals surface area contributed by atoms with Crippen molar-refractivity contribution in [1.82, 2.24) is 10.0 Å². The fourth-order valence-electron chi connectivity index (χ4n) is 0.866. The van der Waals surface area contributed by atoms with Gasteiger partial charge in [0.15, 0.2) is 0 Å². The summed E-state index contributed by atoms with van der Waals surface area (Å²) in [6.45, 7) is 0. The third-order valence-corrected chi connectivity index (χ3v) is 3.12. The van der Waals surface area contributed by atoms with Crippen LogP contribution in [0.2, 0.25) is 5.02 Å². The zero-order chi connectivity index (χ0) is 11.5. The van der Waals surface area contributed by atoms with E-state index in [1.165, 1.54) is 25.2 Å². The summed E-state index contributed by atoms with van der Waals surface area (Å²) in [5.74, 6) is 0. The first-order valence-electron chi connectivity index (χ1n) is 3.96. The van der Waals surface area contributed by atoms with Gasteiger partial charge in [-0.3, -0.25) is 0 Å². The Bertz CT molecular complexity index is 473. The zero-order valence-electron chi connectivity index (χ0n) is 7.82. The summed E-state index contributed by atoms with van der Waals surface area (Å²) in [7, 11) is -2.52. The summed E-state index contributed by atoms with van der Waals surface area (Å²) in [5.41, 5.74) is 0. The number of halogens is 1. The Kier molecular flexibility index (Phi) is 3.54. The van der Waals surface area contributed by atoms with E-state index in [1.807, 2.05) is 4.72 Å². The molecule has 1 rings (SSSR count). The SMILES string of the molecule is CNC(=O)NS(=O)(=O)c1cccc(Cl)c1. The lowest BCUT2D eigenvalue weighted by molar-refractivity contribution is 0.248. The van der Waals surface area contributed by atoms with E-state index in [1.54, 1.807) is 6.07 Å². The highest BCUT2D eigenvalue weighted by atomic mass is 35.5. The molecule has 0 aromatic heterocycles. The average Bonchev–Trinajstić information content (AvgIpc) is 2.17. The molecule has 0 heterocycles. The number of carbonyl (C=O) groups excluding carboxylic acids is 1. The third kappa shape index (κ3) is 3.10. The van der Waals surface area contributed by atoms with Gasteiger partial charge in [-0.15, -0.1) is 0 Å². The van der Waals surface area contributed by atoms with Crippen LogP contribution < -0.4 is 10.0 Å². The molecule has 2 amide bonds. The van der Waals surface area contributed by atoms with Gasteiger partial charge >= 0.3 is 6.03 Å². The van der Waals surface area contributed by atoms with Gasteiger partial charge in [-0.2, -0.15) is 0 Å². The quantitative estimate of drug-likeness (QED) is 0.819. The molecule has 0 saturated heterocycles. The van der Waals surface area contributed by atoms with Crippen molar-refractivity contribution in [3.63, 3.8) is 0 Å². The Hall–Kier alpha value is -1.27. The number of rotatable bonds is 2. The molecular weight excluding hydrogens is 240 g/mol. The van der Waals surface area contributed by atoms with Crippen molar-refractivity contribution in [2.75, 3.05) is 7.05 Å². The Labute approximate surface area is 92.5 Å². The first-order valence-corrected chi connectivity index (χ1v) is 5.82. The lowest BCUT2D eigenvalue weighted by Crippen LogP contribution is -2.37. The number of amides is 2. The normalized spacial score (nSPS) is 10.8. The number of benzene rings is 1. The minimum absolute atomic E-state index is 0.0569. The Balaban J connectivity index is 3.01. The van der Waals surface area contributed by atoms with Gasteiger partial charge < -0.3 is 5.32 Å². The fraction of sp³-hybridized carbons (Fsp3) is 0.125. The smallest absolute Gasteiger partial charge is 0.328 e. The van der Waals surface area contributed by atoms with Crippen LogP contribution >= 0.6 is 11.6 Å². The van der Waals surface area contributed by atoms with Crippen molar-refractivity contribution >= 4 is 27.7 Å². The van der Waals surface area contributed by atoms with Crippen LogP contribution in [-0.2, 0) is 10.0 Å². The van der Waals surface area contributed by atoms with E-state index in [0.29, 0.717) is 0 Å². The van der Waals surface area contributed by atoms with E-state index < -0.39 is 16.1 Å². The van der Waals surface area contributed by atoms with Crippen molar-refractivity contribution in [2.24, 2.45) is 0 Å². The van der Waals surface area contributed by atoms with E-state index in [-0.39, 0.29) is 9.92 Å². The molecule has 0 aliphatic heterocycles. The van der Waals surface area contributed by atoms with Crippen molar-refractivity contribution in [3.8, 4) is 0 Å². The topological polar surface area (TPSA) is 75.3 Å². The predicted molar refractivity (Wildman–Crippen MR) is 56.2 cm³/mol. The van der Waals surface area contributed by atoms with Crippen molar-refractivity contribution in [1.29, 1.82) is 0 Å². The molecule has 0 aliphatic rings. The minimum Gasteiger partial charge on any atom is -0.340 e. The van der Waals surface area contributed by atoms with E-state index in [4.69, 9.17) is 11.6 Å². The minimum atomic E-state index is -3.84. The van der Waals surface area contributed by atoms with Crippen molar-refractivity contribution in [3.05, 3.63) is 29.3 Å². The van der Waals surface area contributed by atoms with E-state index in [9.17, 15) is 13.2 Å². The first kappa shape index (κ1) is 11.8. The van der Waals surface area contributed by atoms with Crippen LogP contribution in [0.4, 0.5) is 4.79 Å². The molecule has 15 heavy (non-hydrogen) atoms. The molecule has 0 bridgehead atoms. The Morgan fingerprint density at radius 1 is 1.40 bits per heavy atom.